The van der Waals surface area contributed by atoms with E-state index in [9.17, 15) is 0 Å². The molecule has 128 heavy (non-hydrogen) atoms. The lowest BCUT2D eigenvalue weighted by Crippen LogP contribution is -2.10. The Morgan fingerprint density at radius 3 is 0.414 bits per heavy atom. The van der Waals surface area contributed by atoms with Gasteiger partial charge >= 0.3 is 0 Å². The lowest BCUT2D eigenvalue weighted by Gasteiger charge is -2.19. The highest BCUT2D eigenvalue weighted by Gasteiger charge is 2.34. The molecule has 12 aromatic carbocycles. The molecule has 2 aliphatic heterocycles. The van der Waals surface area contributed by atoms with Crippen molar-refractivity contribution < 1.29 is 0 Å². The fourth-order valence-corrected chi connectivity index (χ4v) is 23.6. The fraction of sp³-hybridized carbons (Fsp3) is 0.286. The summed E-state index contributed by atoms with van der Waals surface area (Å²) in [6.45, 7) is 54.6. The van der Waals surface area contributed by atoms with Gasteiger partial charge in [-0.25, -0.2) is 29.9 Å². The van der Waals surface area contributed by atoms with Gasteiger partial charge < -0.3 is 9.97 Å². The number of nitrogens with zero attached hydrogens (tertiary/aromatic N) is 6. The number of nitrogens with one attached hydrogen (secondary N) is 2. The van der Waals surface area contributed by atoms with Crippen molar-refractivity contribution in [1.29, 1.82) is 0 Å². The van der Waals surface area contributed by atoms with Gasteiger partial charge in [-0.2, -0.15) is 0 Å². The second-order valence-corrected chi connectivity index (χ2v) is 50.8. The predicted octanol–water partition coefficient (Wildman–Crippen LogP) is 34.5. The molecule has 0 radical (unpaired) electrons. The summed E-state index contributed by atoms with van der Waals surface area (Å²) in [6.07, 6.45) is 0. The van der Waals surface area contributed by atoms with E-state index >= 15 is 0 Å². The molecule has 0 unspecified atom stereocenters. The molecule has 5 heterocycles. The third kappa shape index (κ3) is 19.6. The van der Waals surface area contributed by atoms with E-state index in [1.807, 2.05) is 0 Å². The summed E-state index contributed by atoms with van der Waals surface area (Å²) < 4.78 is 0. The number of benzene rings is 12. The van der Waals surface area contributed by atoms with E-state index in [0.717, 1.165) is 122 Å². The number of fused-ring (bicyclic) bond motifs is 20. The van der Waals surface area contributed by atoms with Crippen molar-refractivity contribution >= 4 is 138 Å². The lowest BCUT2D eigenvalue weighted by atomic mass is 9.87. The van der Waals surface area contributed by atoms with Crippen LogP contribution in [0.25, 0.3) is 89.7 Å². The number of hydrogen-bond donors (Lipinski definition) is 2. The Kier molecular flexibility index (Phi) is 24.7. The molecule has 16 heteroatoms. The molecule has 0 aliphatic carbocycles. The van der Waals surface area contributed by atoms with Crippen LogP contribution in [0.5, 0.6) is 0 Å². The molecule has 0 amide bonds. The second-order valence-electron chi connectivity index (χ2n) is 41.9. The van der Waals surface area contributed by atoms with Crippen LogP contribution in [-0.2, 0) is 43.3 Å². The van der Waals surface area contributed by atoms with Crippen LogP contribution in [0.3, 0.4) is 0 Å². The summed E-state index contributed by atoms with van der Waals surface area (Å²) in [4.78, 5) is 61.7. The highest BCUT2D eigenvalue weighted by atomic mass is 32.2. The van der Waals surface area contributed by atoms with Crippen molar-refractivity contribution in [2.45, 2.75) is 288 Å². The van der Waals surface area contributed by atoms with Gasteiger partial charge in [0.25, 0.3) is 0 Å². The Morgan fingerprint density at radius 1 is 0.156 bits per heavy atom. The molecule has 0 spiro atoms. The summed E-state index contributed by atoms with van der Waals surface area (Å²) >= 11 is 13.9. The molecule has 3 aromatic heterocycles. The van der Waals surface area contributed by atoms with Crippen LogP contribution in [0, 0.1) is 0 Å². The van der Waals surface area contributed by atoms with E-state index in [1.165, 1.54) is 44.5 Å². The van der Waals surface area contributed by atoms with Crippen LogP contribution in [0.1, 0.15) is 211 Å². The lowest BCUT2D eigenvalue weighted by molar-refractivity contribution is 0.589. The zero-order valence-corrected chi connectivity index (χ0v) is 84.6. The first-order valence-corrected chi connectivity index (χ1v) is 50.7. The average Bonchev–Trinajstić information content (AvgIpc) is 1.57. The molecule has 650 valence electrons. The van der Waals surface area contributed by atoms with Gasteiger partial charge in [0.1, 0.15) is 22.6 Å². The van der Waals surface area contributed by atoms with E-state index in [4.69, 9.17) is 29.9 Å². The van der Waals surface area contributed by atoms with Crippen LogP contribution in [0.2, 0.25) is 0 Å². The zero-order chi connectivity index (χ0) is 90.7. The average molecular weight is 1830 g/mol. The Labute approximate surface area is 791 Å². The Bertz CT molecular complexity index is 6090. The maximum absolute atomic E-state index is 6.19. The van der Waals surface area contributed by atoms with Crippen LogP contribution in [0.4, 0.5) is 0 Å². The van der Waals surface area contributed by atoms with Gasteiger partial charge in [-0.15, -0.1) is 0 Å². The monoisotopic (exact) mass is 1830 g/mol. The third-order valence-corrected chi connectivity index (χ3v) is 32.3. The molecular formula is C112H114N8S8. The highest BCUT2D eigenvalue weighted by Crippen LogP contribution is 2.55. The van der Waals surface area contributed by atoms with Gasteiger partial charge in [-0.1, -0.05) is 357 Å². The first-order valence-electron chi connectivity index (χ1n) is 44.2. The number of rotatable bonds is 16. The van der Waals surface area contributed by atoms with Gasteiger partial charge in [0.2, 0.25) is 0 Å². The number of aromatic amines is 2. The summed E-state index contributed by atoms with van der Waals surface area (Å²) in [6, 6.07) is 91.0. The molecule has 2 aliphatic rings. The highest BCUT2D eigenvalue weighted by molar-refractivity contribution is 8.01. The zero-order valence-electron chi connectivity index (χ0n) is 78.0. The molecule has 15 aromatic rings. The molecule has 8 nitrogen and oxygen atoms in total. The van der Waals surface area contributed by atoms with Gasteiger partial charge in [-0.05, 0) is 233 Å². The van der Waals surface area contributed by atoms with E-state index in [0.29, 0.717) is 45.9 Å². The summed E-state index contributed by atoms with van der Waals surface area (Å²) in [5.41, 5.74) is 15.6. The number of H-pyrrole nitrogens is 2. The summed E-state index contributed by atoms with van der Waals surface area (Å²) in [5.74, 6) is 2.05. The van der Waals surface area contributed by atoms with Crippen LogP contribution < -0.4 is 0 Å². The summed E-state index contributed by atoms with van der Waals surface area (Å²) in [7, 11) is 0. The normalized spacial score (nSPS) is 12.9. The predicted molar refractivity (Wildman–Crippen MR) is 550 cm³/mol. The first kappa shape index (κ1) is 90.7. The largest absolute Gasteiger partial charge is 0.324 e. The van der Waals surface area contributed by atoms with Crippen LogP contribution in [-0.4, -0.2) is 39.9 Å². The molecular weight excluding hydrogens is 1710 g/mol. The third-order valence-electron chi connectivity index (χ3n) is 23.7. The van der Waals surface area contributed by atoms with Gasteiger partial charge in [0.15, 0.2) is 23.3 Å². The Hall–Kier alpha value is -9.20. The molecule has 17 rings (SSSR count). The standard InChI is InChI=1S/C112H114N8S8/c1-105(2,3)65-25-41-73(42-26-65)121-81-57-58-82(122-74-43-27-66(28-44-74)106(4,5)6)90-89(81)97-113-98(90)118-100-93-85(125-77-49-33-69(34-50-77)109(13,14)15)61-62-86(126-78-51-35-70(36-52-78)110(16,17)18)94(93)102(115-100)120-104-96-88(128-80-55-39-72(40-56-80)112(22,23)24)64-63-87(127-79-53-37-71(38-54-79)111(19,20)21)95(96)103(116-104)119-101-92-84(124-76-47-31-68(32-48-76)108(10,11)12)60-59-83(91(92)99(114-101)117-97)123-75-45-29-67(30-46-75)107(7,8)9/h25-64H,1-24H3,(H2,113,114,115,116,117,118,119,120). The molecule has 0 fully saturated rings. The second kappa shape index (κ2) is 34.8. The SMILES string of the molecule is CC(C)(C)c1ccc(Sc2ccc(Sc3ccc(C(C)(C)C)cc3)c3c2-c2nc-3nc3[nH]c(nc4nc(nc5[nH]c(n2)c2c(Sc6ccc(C(C)(C)C)cc6)ccc(Sc6ccc(C(C)(C)C)cc6)c52)-c2c(Sc5ccc(C(C)(C)C)cc5)ccc(Sc5ccc(C(C)(C)C)cc5)c2-4)c2c(Sc4ccc(C(C)(C)C)cc4)ccc(Sc4ccc(C(C)(C)C)cc4)c32)cc1. The smallest absolute Gasteiger partial charge is 0.165 e. The first-order chi connectivity index (χ1) is 60.4. The molecule has 0 atom stereocenters. The van der Waals surface area contributed by atoms with E-state index < -0.39 is 0 Å². The van der Waals surface area contributed by atoms with Gasteiger partial charge in [0.05, 0.1) is 0 Å². The van der Waals surface area contributed by atoms with Gasteiger partial charge in [0, 0.05) is 122 Å². The minimum absolute atomic E-state index is 0.0535. The maximum atomic E-state index is 6.19. The van der Waals surface area contributed by atoms with Crippen LogP contribution in [0.15, 0.2) is 321 Å². The molecule has 2 N–H and O–H groups in total. The molecule has 0 saturated heterocycles. The van der Waals surface area contributed by atoms with Crippen molar-refractivity contribution in [3.05, 3.63) is 287 Å². The van der Waals surface area contributed by atoms with Crippen molar-refractivity contribution in [2.24, 2.45) is 0 Å². The van der Waals surface area contributed by atoms with Crippen molar-refractivity contribution in [2.75, 3.05) is 0 Å². The molecule has 8 bridgehead atoms. The van der Waals surface area contributed by atoms with Crippen molar-refractivity contribution in [3.8, 4) is 45.6 Å². The summed E-state index contributed by atoms with van der Waals surface area (Å²) in [5, 5.41) is 3.61. The fourth-order valence-electron chi connectivity index (χ4n) is 15.9. The van der Waals surface area contributed by atoms with E-state index in [-0.39, 0.29) is 43.3 Å². The Morgan fingerprint density at radius 2 is 0.281 bits per heavy atom. The number of aromatic nitrogens is 8. The minimum Gasteiger partial charge on any atom is -0.324 e. The van der Waals surface area contributed by atoms with E-state index in [2.05, 4.69) is 419 Å². The Balaban J connectivity index is 1.05. The minimum atomic E-state index is -0.0541. The van der Waals surface area contributed by atoms with E-state index in [1.54, 1.807) is 94.1 Å². The van der Waals surface area contributed by atoms with Crippen molar-refractivity contribution in [1.82, 2.24) is 39.9 Å². The molecule has 0 saturated carbocycles. The van der Waals surface area contributed by atoms with Crippen molar-refractivity contribution in [3.63, 3.8) is 0 Å². The van der Waals surface area contributed by atoms with Crippen LogP contribution >= 0.6 is 94.1 Å². The number of hydrogen-bond acceptors (Lipinski definition) is 14. The van der Waals surface area contributed by atoms with Gasteiger partial charge in [-0.3, -0.25) is 0 Å². The maximum Gasteiger partial charge on any atom is 0.165 e. The topological polar surface area (TPSA) is 109 Å². The quantitative estimate of drug-likeness (QED) is 0.0958.